The van der Waals surface area contributed by atoms with Crippen molar-refractivity contribution in [3.8, 4) is 11.5 Å². The highest BCUT2D eigenvalue weighted by Crippen LogP contribution is 2.23. The standard InChI is InChI=1S/C20H21N3O3/c1-14-6-4-5-7-15(14)13-23-9-8-19(22-23)21-20(24)16-10-17(25-2)12-18(11-16)26-3/h4-12H,13H2,1-3H3,(H,21,22,24). The van der Waals surface area contributed by atoms with Gasteiger partial charge in [0.05, 0.1) is 20.8 Å². The maximum Gasteiger partial charge on any atom is 0.257 e. The van der Waals surface area contributed by atoms with Gasteiger partial charge in [0.1, 0.15) is 11.5 Å². The van der Waals surface area contributed by atoms with E-state index in [2.05, 4.69) is 29.5 Å². The first-order valence-corrected chi connectivity index (χ1v) is 8.21. The average molecular weight is 351 g/mol. The quantitative estimate of drug-likeness (QED) is 0.738. The van der Waals surface area contributed by atoms with Gasteiger partial charge in [0.25, 0.3) is 5.91 Å². The fourth-order valence-corrected chi connectivity index (χ4v) is 2.61. The van der Waals surface area contributed by atoms with E-state index in [9.17, 15) is 4.79 Å². The number of carbonyl (C=O) groups is 1. The van der Waals surface area contributed by atoms with Crippen LogP contribution >= 0.6 is 0 Å². The molecule has 3 rings (SSSR count). The molecule has 0 aliphatic rings. The third kappa shape index (κ3) is 4.03. The van der Waals surface area contributed by atoms with Gasteiger partial charge in [-0.2, -0.15) is 5.10 Å². The predicted octanol–water partition coefficient (Wildman–Crippen LogP) is 3.51. The number of methoxy groups -OCH3 is 2. The summed E-state index contributed by atoms with van der Waals surface area (Å²) < 4.78 is 12.2. The van der Waals surface area contributed by atoms with Gasteiger partial charge in [0, 0.05) is 23.9 Å². The normalized spacial score (nSPS) is 10.4. The van der Waals surface area contributed by atoms with E-state index >= 15 is 0 Å². The van der Waals surface area contributed by atoms with Crippen molar-refractivity contribution in [3.05, 3.63) is 71.4 Å². The molecule has 1 N–H and O–H groups in total. The number of hydrogen-bond acceptors (Lipinski definition) is 4. The van der Waals surface area contributed by atoms with Crippen LogP contribution in [0.2, 0.25) is 0 Å². The molecule has 1 heterocycles. The molecule has 1 amide bonds. The van der Waals surface area contributed by atoms with E-state index in [-0.39, 0.29) is 5.91 Å². The molecule has 3 aromatic rings. The molecule has 0 saturated carbocycles. The highest BCUT2D eigenvalue weighted by Gasteiger charge is 2.12. The predicted molar refractivity (Wildman–Crippen MR) is 100 cm³/mol. The van der Waals surface area contributed by atoms with E-state index in [1.165, 1.54) is 11.1 Å². The van der Waals surface area contributed by atoms with Crippen LogP contribution in [-0.4, -0.2) is 29.9 Å². The van der Waals surface area contributed by atoms with Gasteiger partial charge < -0.3 is 14.8 Å². The summed E-state index contributed by atoms with van der Waals surface area (Å²) in [5.74, 6) is 1.33. The van der Waals surface area contributed by atoms with Crippen molar-refractivity contribution in [1.82, 2.24) is 9.78 Å². The van der Waals surface area contributed by atoms with E-state index in [0.717, 1.165) is 0 Å². The summed E-state index contributed by atoms with van der Waals surface area (Å²) in [4.78, 5) is 12.5. The average Bonchev–Trinajstić information content (AvgIpc) is 3.10. The lowest BCUT2D eigenvalue weighted by Crippen LogP contribution is -2.13. The lowest BCUT2D eigenvalue weighted by atomic mass is 10.1. The Morgan fingerprint density at radius 1 is 1.08 bits per heavy atom. The zero-order chi connectivity index (χ0) is 18.5. The maximum atomic E-state index is 12.5. The largest absolute Gasteiger partial charge is 0.497 e. The molecule has 0 radical (unpaired) electrons. The van der Waals surface area contributed by atoms with Gasteiger partial charge in [-0.25, -0.2) is 0 Å². The third-order valence-electron chi connectivity index (χ3n) is 4.09. The molecule has 134 valence electrons. The summed E-state index contributed by atoms with van der Waals surface area (Å²) >= 11 is 0. The molecular weight excluding hydrogens is 330 g/mol. The Bertz CT molecular complexity index is 896. The van der Waals surface area contributed by atoms with E-state index in [1.807, 2.05) is 18.3 Å². The summed E-state index contributed by atoms with van der Waals surface area (Å²) in [6.07, 6.45) is 1.84. The Balaban J connectivity index is 1.73. The first-order valence-electron chi connectivity index (χ1n) is 8.21. The fraction of sp³-hybridized carbons (Fsp3) is 0.200. The van der Waals surface area contributed by atoms with E-state index in [1.54, 1.807) is 43.2 Å². The van der Waals surface area contributed by atoms with Crippen molar-refractivity contribution >= 4 is 11.7 Å². The molecular formula is C20H21N3O3. The van der Waals surface area contributed by atoms with E-state index < -0.39 is 0 Å². The summed E-state index contributed by atoms with van der Waals surface area (Å²) in [7, 11) is 3.09. The molecule has 0 bridgehead atoms. The van der Waals surface area contributed by atoms with Crippen molar-refractivity contribution in [1.29, 1.82) is 0 Å². The smallest absolute Gasteiger partial charge is 0.257 e. The summed E-state index contributed by atoms with van der Waals surface area (Å²) in [5, 5.41) is 7.22. The van der Waals surface area contributed by atoms with Gasteiger partial charge in [-0.1, -0.05) is 24.3 Å². The number of rotatable bonds is 6. The second kappa shape index (κ2) is 7.74. The van der Waals surface area contributed by atoms with Crippen LogP contribution in [0.25, 0.3) is 0 Å². The number of benzene rings is 2. The second-order valence-corrected chi connectivity index (χ2v) is 5.88. The summed E-state index contributed by atoms with van der Waals surface area (Å²) in [6, 6.07) is 14.9. The molecule has 1 aromatic heterocycles. The number of nitrogens with zero attached hydrogens (tertiary/aromatic N) is 2. The van der Waals surface area contributed by atoms with Gasteiger partial charge in [0.15, 0.2) is 5.82 Å². The van der Waals surface area contributed by atoms with E-state index in [0.29, 0.717) is 29.4 Å². The molecule has 0 atom stereocenters. The van der Waals surface area contributed by atoms with Gasteiger partial charge >= 0.3 is 0 Å². The minimum absolute atomic E-state index is 0.275. The number of anilines is 1. The molecule has 0 fully saturated rings. The Kier molecular flexibility index (Phi) is 5.22. The van der Waals surface area contributed by atoms with Crippen LogP contribution in [0.1, 0.15) is 21.5 Å². The molecule has 26 heavy (non-hydrogen) atoms. The van der Waals surface area contributed by atoms with Crippen LogP contribution < -0.4 is 14.8 Å². The maximum absolute atomic E-state index is 12.5. The Hall–Kier alpha value is -3.28. The van der Waals surface area contributed by atoms with Crippen molar-refractivity contribution in [3.63, 3.8) is 0 Å². The lowest BCUT2D eigenvalue weighted by Gasteiger charge is -2.08. The van der Waals surface area contributed by atoms with Crippen LogP contribution in [-0.2, 0) is 6.54 Å². The molecule has 0 unspecified atom stereocenters. The monoisotopic (exact) mass is 351 g/mol. The molecule has 2 aromatic carbocycles. The zero-order valence-electron chi connectivity index (χ0n) is 15.0. The second-order valence-electron chi connectivity index (χ2n) is 5.88. The number of hydrogen-bond donors (Lipinski definition) is 1. The van der Waals surface area contributed by atoms with Crippen molar-refractivity contribution < 1.29 is 14.3 Å². The van der Waals surface area contributed by atoms with Crippen LogP contribution in [0.3, 0.4) is 0 Å². The molecule has 0 spiro atoms. The number of aromatic nitrogens is 2. The Morgan fingerprint density at radius 3 is 2.42 bits per heavy atom. The first kappa shape index (κ1) is 17.5. The minimum Gasteiger partial charge on any atom is -0.497 e. The molecule has 0 aliphatic carbocycles. The Morgan fingerprint density at radius 2 is 1.77 bits per heavy atom. The van der Waals surface area contributed by atoms with Crippen LogP contribution in [0.5, 0.6) is 11.5 Å². The van der Waals surface area contributed by atoms with Crippen molar-refractivity contribution in [2.45, 2.75) is 13.5 Å². The number of ether oxygens (including phenoxy) is 2. The number of carbonyl (C=O) groups excluding carboxylic acids is 1. The number of nitrogens with one attached hydrogen (secondary N) is 1. The van der Waals surface area contributed by atoms with Crippen LogP contribution in [0, 0.1) is 6.92 Å². The van der Waals surface area contributed by atoms with Crippen molar-refractivity contribution in [2.75, 3.05) is 19.5 Å². The van der Waals surface area contributed by atoms with Gasteiger partial charge in [-0.15, -0.1) is 0 Å². The summed E-state index contributed by atoms with van der Waals surface area (Å²) in [6.45, 7) is 2.72. The van der Waals surface area contributed by atoms with Gasteiger partial charge in [-0.05, 0) is 30.2 Å². The first-order chi connectivity index (χ1) is 12.6. The molecule has 6 heteroatoms. The fourth-order valence-electron chi connectivity index (χ4n) is 2.61. The van der Waals surface area contributed by atoms with Crippen LogP contribution in [0.15, 0.2) is 54.7 Å². The zero-order valence-corrected chi connectivity index (χ0v) is 15.0. The van der Waals surface area contributed by atoms with Gasteiger partial charge in [-0.3, -0.25) is 9.48 Å². The highest BCUT2D eigenvalue weighted by atomic mass is 16.5. The topological polar surface area (TPSA) is 65.4 Å². The molecule has 0 aliphatic heterocycles. The third-order valence-corrected chi connectivity index (χ3v) is 4.09. The number of amides is 1. The SMILES string of the molecule is COc1cc(OC)cc(C(=O)Nc2ccn(Cc3ccccc3C)n2)c1. The molecule has 0 saturated heterocycles. The van der Waals surface area contributed by atoms with Crippen LogP contribution in [0.4, 0.5) is 5.82 Å². The highest BCUT2D eigenvalue weighted by molar-refractivity contribution is 6.04. The molecule has 6 nitrogen and oxygen atoms in total. The lowest BCUT2D eigenvalue weighted by molar-refractivity contribution is 0.102. The summed E-state index contributed by atoms with van der Waals surface area (Å²) in [5.41, 5.74) is 2.83. The minimum atomic E-state index is -0.275. The van der Waals surface area contributed by atoms with E-state index in [4.69, 9.17) is 9.47 Å². The van der Waals surface area contributed by atoms with Crippen molar-refractivity contribution in [2.24, 2.45) is 0 Å². The Labute approximate surface area is 152 Å². The number of aryl methyl sites for hydroxylation is 1. The van der Waals surface area contributed by atoms with Gasteiger partial charge in [0.2, 0.25) is 0 Å².